The molecule has 2 nitrogen and oxygen atoms in total. The Morgan fingerprint density at radius 1 is 1.29 bits per heavy atom. The highest BCUT2D eigenvalue weighted by molar-refractivity contribution is 5.73. The Morgan fingerprint density at radius 3 is 2.64 bits per heavy atom. The summed E-state index contributed by atoms with van der Waals surface area (Å²) in [5.41, 5.74) is 0. The molecule has 14 heavy (non-hydrogen) atoms. The second-order valence-corrected chi connectivity index (χ2v) is 5.00. The number of hydrogen-bond donors (Lipinski definition) is 1. The first-order chi connectivity index (χ1) is 6.74. The lowest BCUT2D eigenvalue weighted by molar-refractivity contribution is -0.138. The molecule has 0 amide bonds. The van der Waals surface area contributed by atoms with Crippen LogP contribution in [0, 0.1) is 23.7 Å². The van der Waals surface area contributed by atoms with Gasteiger partial charge in [0, 0.05) is 0 Å². The fourth-order valence-electron chi connectivity index (χ4n) is 2.76. The second-order valence-electron chi connectivity index (χ2n) is 5.00. The number of carboxylic acid groups (broad SMARTS) is 1. The van der Waals surface area contributed by atoms with Crippen molar-refractivity contribution in [1.29, 1.82) is 0 Å². The van der Waals surface area contributed by atoms with E-state index >= 15 is 0 Å². The van der Waals surface area contributed by atoms with Crippen LogP contribution in [0.4, 0.5) is 0 Å². The molecule has 2 fully saturated rings. The summed E-state index contributed by atoms with van der Waals surface area (Å²) in [5, 5.41) is 8.80. The smallest absolute Gasteiger partial charge is 0.306 e. The minimum Gasteiger partial charge on any atom is -0.481 e. The molecule has 0 aliphatic heterocycles. The van der Waals surface area contributed by atoms with Crippen LogP contribution in [0.15, 0.2) is 0 Å². The van der Waals surface area contributed by atoms with Crippen LogP contribution in [0.1, 0.15) is 45.4 Å². The molecule has 2 aliphatic carbocycles. The molecule has 2 aliphatic rings. The molecule has 0 radical (unpaired) electrons. The largest absolute Gasteiger partial charge is 0.481 e. The summed E-state index contributed by atoms with van der Waals surface area (Å²) in [5.74, 6) is 1.69. The minimum atomic E-state index is -0.561. The van der Waals surface area contributed by atoms with Gasteiger partial charge in [-0.15, -0.1) is 0 Å². The number of hydrogen-bond acceptors (Lipinski definition) is 1. The molecule has 0 spiro atoms. The van der Waals surface area contributed by atoms with E-state index in [0.717, 1.165) is 18.3 Å². The summed E-state index contributed by atoms with van der Waals surface area (Å²) in [4.78, 5) is 10.7. The third kappa shape index (κ3) is 2.10. The van der Waals surface area contributed by atoms with Crippen LogP contribution in [0.5, 0.6) is 0 Å². The number of rotatable bonds is 6. The third-order valence-corrected chi connectivity index (χ3v) is 3.86. The molecule has 2 heteroatoms. The molecule has 0 bridgehead atoms. The average molecular weight is 196 g/mol. The van der Waals surface area contributed by atoms with Gasteiger partial charge in [0.2, 0.25) is 0 Å². The van der Waals surface area contributed by atoms with Crippen LogP contribution in [0.3, 0.4) is 0 Å². The van der Waals surface area contributed by atoms with Gasteiger partial charge in [0.1, 0.15) is 0 Å². The zero-order valence-electron chi connectivity index (χ0n) is 8.91. The Balaban J connectivity index is 1.61. The number of carboxylic acids is 1. The van der Waals surface area contributed by atoms with Gasteiger partial charge >= 0.3 is 5.97 Å². The summed E-state index contributed by atoms with van der Waals surface area (Å²) >= 11 is 0. The highest BCUT2D eigenvalue weighted by Crippen LogP contribution is 2.59. The number of carbonyl (C=O) groups is 1. The number of aliphatic carboxylic acids is 1. The molecular formula is C12H20O2. The van der Waals surface area contributed by atoms with Gasteiger partial charge in [-0.2, -0.15) is 0 Å². The van der Waals surface area contributed by atoms with Gasteiger partial charge < -0.3 is 5.11 Å². The van der Waals surface area contributed by atoms with Gasteiger partial charge in [-0.05, 0) is 30.6 Å². The minimum absolute atomic E-state index is 0.0242. The fourth-order valence-corrected chi connectivity index (χ4v) is 2.76. The van der Waals surface area contributed by atoms with E-state index < -0.39 is 5.97 Å². The lowest BCUT2D eigenvalue weighted by Gasteiger charge is -1.98. The lowest BCUT2D eigenvalue weighted by atomic mass is 10.1. The Morgan fingerprint density at radius 2 is 2.07 bits per heavy atom. The SMILES string of the molecule is CCCCCC1CC1C1CC1C(=O)O. The lowest BCUT2D eigenvalue weighted by Crippen LogP contribution is -2.01. The van der Waals surface area contributed by atoms with Crippen molar-refractivity contribution in [2.24, 2.45) is 23.7 Å². The Kier molecular flexibility index (Phi) is 2.80. The predicted molar refractivity (Wildman–Crippen MR) is 55.0 cm³/mol. The van der Waals surface area contributed by atoms with Crippen molar-refractivity contribution in [3.63, 3.8) is 0 Å². The molecule has 80 valence electrons. The first kappa shape index (κ1) is 10.0. The number of unbranched alkanes of at least 4 members (excludes halogenated alkanes) is 2. The van der Waals surface area contributed by atoms with E-state index in [4.69, 9.17) is 5.11 Å². The molecule has 1 N–H and O–H groups in total. The highest BCUT2D eigenvalue weighted by atomic mass is 16.4. The maximum absolute atomic E-state index is 10.7. The van der Waals surface area contributed by atoms with Crippen LogP contribution in [-0.4, -0.2) is 11.1 Å². The van der Waals surface area contributed by atoms with Crippen LogP contribution in [0.25, 0.3) is 0 Å². The molecule has 4 atom stereocenters. The van der Waals surface area contributed by atoms with E-state index in [1.807, 2.05) is 0 Å². The molecule has 0 heterocycles. The standard InChI is InChI=1S/C12H20O2/c1-2-3-4-5-8-6-9(8)10-7-11(10)12(13)14/h8-11H,2-7H2,1H3,(H,13,14). The Bertz CT molecular complexity index is 224. The highest BCUT2D eigenvalue weighted by Gasteiger charge is 2.55. The van der Waals surface area contributed by atoms with Gasteiger partial charge in [-0.1, -0.05) is 32.6 Å². The van der Waals surface area contributed by atoms with E-state index in [-0.39, 0.29) is 5.92 Å². The average Bonchev–Trinajstić information content (AvgIpc) is 2.98. The zero-order valence-corrected chi connectivity index (χ0v) is 8.91. The molecular weight excluding hydrogens is 176 g/mol. The van der Waals surface area contributed by atoms with E-state index in [1.165, 1.54) is 32.1 Å². The summed E-state index contributed by atoms with van der Waals surface area (Å²) in [6.45, 7) is 2.23. The topological polar surface area (TPSA) is 37.3 Å². The zero-order chi connectivity index (χ0) is 10.1. The van der Waals surface area contributed by atoms with Crippen molar-refractivity contribution in [2.45, 2.75) is 45.4 Å². The van der Waals surface area contributed by atoms with Gasteiger partial charge in [0.25, 0.3) is 0 Å². The summed E-state index contributed by atoms with van der Waals surface area (Å²) < 4.78 is 0. The molecule has 0 saturated heterocycles. The van der Waals surface area contributed by atoms with Crippen molar-refractivity contribution in [1.82, 2.24) is 0 Å². The normalized spacial score (nSPS) is 39.5. The van der Waals surface area contributed by atoms with Gasteiger partial charge in [0.05, 0.1) is 5.92 Å². The van der Waals surface area contributed by atoms with E-state index in [1.54, 1.807) is 0 Å². The van der Waals surface area contributed by atoms with Crippen molar-refractivity contribution in [2.75, 3.05) is 0 Å². The molecule has 0 aromatic carbocycles. The van der Waals surface area contributed by atoms with E-state index in [0.29, 0.717) is 5.92 Å². The summed E-state index contributed by atoms with van der Waals surface area (Å²) in [6, 6.07) is 0. The molecule has 4 unspecified atom stereocenters. The van der Waals surface area contributed by atoms with Crippen molar-refractivity contribution in [3.8, 4) is 0 Å². The van der Waals surface area contributed by atoms with Crippen LogP contribution in [-0.2, 0) is 4.79 Å². The Labute approximate surface area is 85.7 Å². The quantitative estimate of drug-likeness (QED) is 0.663. The summed E-state index contributed by atoms with van der Waals surface area (Å²) in [7, 11) is 0. The van der Waals surface area contributed by atoms with Crippen LogP contribution < -0.4 is 0 Å². The van der Waals surface area contributed by atoms with Crippen molar-refractivity contribution >= 4 is 5.97 Å². The molecule has 2 saturated carbocycles. The first-order valence-electron chi connectivity index (χ1n) is 5.96. The third-order valence-electron chi connectivity index (χ3n) is 3.86. The predicted octanol–water partition coefficient (Wildman–Crippen LogP) is 2.92. The second kappa shape index (κ2) is 3.92. The molecule has 0 aromatic heterocycles. The van der Waals surface area contributed by atoms with Crippen molar-refractivity contribution in [3.05, 3.63) is 0 Å². The monoisotopic (exact) mass is 196 g/mol. The van der Waals surface area contributed by atoms with Crippen molar-refractivity contribution < 1.29 is 9.90 Å². The first-order valence-corrected chi connectivity index (χ1v) is 5.96. The fraction of sp³-hybridized carbons (Fsp3) is 0.917. The van der Waals surface area contributed by atoms with Crippen LogP contribution in [0.2, 0.25) is 0 Å². The molecule has 0 aromatic rings. The maximum Gasteiger partial charge on any atom is 0.306 e. The van der Waals surface area contributed by atoms with Gasteiger partial charge in [-0.3, -0.25) is 4.79 Å². The Hall–Kier alpha value is -0.530. The van der Waals surface area contributed by atoms with E-state index in [2.05, 4.69) is 6.92 Å². The maximum atomic E-state index is 10.7. The van der Waals surface area contributed by atoms with Gasteiger partial charge in [0.15, 0.2) is 0 Å². The van der Waals surface area contributed by atoms with E-state index in [9.17, 15) is 4.79 Å². The molecule has 2 rings (SSSR count). The summed E-state index contributed by atoms with van der Waals surface area (Å²) in [6.07, 6.45) is 7.61. The van der Waals surface area contributed by atoms with Gasteiger partial charge in [-0.25, -0.2) is 0 Å². The van der Waals surface area contributed by atoms with Crippen LogP contribution >= 0.6 is 0 Å².